The molecule has 2 rings (SSSR count). The van der Waals surface area contributed by atoms with Crippen LogP contribution in [0.1, 0.15) is 19.6 Å². The minimum atomic E-state index is -2.28. The van der Waals surface area contributed by atoms with E-state index in [2.05, 4.69) is 10.3 Å². The average molecular weight is 426 g/mol. The molecule has 0 saturated carbocycles. The van der Waals surface area contributed by atoms with Crippen molar-refractivity contribution < 1.29 is 33.0 Å². The molecule has 3 atom stereocenters. The van der Waals surface area contributed by atoms with Gasteiger partial charge in [-0.2, -0.15) is 4.98 Å². The second kappa shape index (κ2) is 10.1. The van der Waals surface area contributed by atoms with Gasteiger partial charge in [0.1, 0.15) is 24.8 Å². The lowest BCUT2D eigenvalue weighted by molar-refractivity contribution is -0.161. The third-order valence-electron chi connectivity index (χ3n) is 4.35. The number of rotatable bonds is 9. The van der Waals surface area contributed by atoms with Crippen LogP contribution in [0.2, 0.25) is 0 Å². The standard InChI is InChI=1S/C18H23FN4O7/c1-18(19)11(5-8-24)12(9-28-15(26)10-29-14(25)3-6-21-2)30-16(18)23-7-4-13(20)22-17(23)27/h4-5,7-8,12,16,21H,3,6,9-10H2,1-2H3,(H2,20,22,27)/b11-5+/t12-,16-,18-/m1/s1. The van der Waals surface area contributed by atoms with Crippen molar-refractivity contribution in [1.29, 1.82) is 0 Å². The summed E-state index contributed by atoms with van der Waals surface area (Å²) in [5.41, 5.74) is 2.19. The summed E-state index contributed by atoms with van der Waals surface area (Å²) in [6.45, 7) is 0.431. The first-order chi connectivity index (χ1) is 14.2. The van der Waals surface area contributed by atoms with Crippen LogP contribution in [0.4, 0.5) is 10.2 Å². The molecule has 3 N–H and O–H groups in total. The minimum absolute atomic E-state index is 0.0480. The van der Waals surface area contributed by atoms with Gasteiger partial charge in [0.05, 0.1) is 6.42 Å². The highest BCUT2D eigenvalue weighted by Gasteiger charge is 2.52. The molecule has 1 aliphatic heterocycles. The maximum absolute atomic E-state index is 15.5. The van der Waals surface area contributed by atoms with Crippen LogP contribution in [-0.4, -0.2) is 66.4 Å². The summed E-state index contributed by atoms with van der Waals surface area (Å²) < 4.78 is 31.6. The quantitative estimate of drug-likeness (QED) is 0.294. The number of nitrogens with one attached hydrogen (secondary N) is 1. The number of nitrogen functional groups attached to an aromatic ring is 1. The van der Waals surface area contributed by atoms with Crippen molar-refractivity contribution in [1.82, 2.24) is 14.9 Å². The highest BCUT2D eigenvalue weighted by atomic mass is 19.1. The van der Waals surface area contributed by atoms with Gasteiger partial charge in [0.15, 0.2) is 18.5 Å². The molecule has 1 saturated heterocycles. The molecular formula is C18H23FN4O7. The number of nitrogens with zero attached hydrogens (tertiary/aromatic N) is 2. The van der Waals surface area contributed by atoms with Gasteiger partial charge in [0.25, 0.3) is 0 Å². The van der Waals surface area contributed by atoms with Crippen LogP contribution < -0.4 is 16.7 Å². The molecule has 2 heterocycles. The van der Waals surface area contributed by atoms with Crippen LogP contribution >= 0.6 is 0 Å². The van der Waals surface area contributed by atoms with Crippen molar-refractivity contribution in [3.05, 3.63) is 34.4 Å². The molecule has 0 unspecified atom stereocenters. The molecule has 0 bridgehead atoms. The Bertz CT molecular complexity index is 884. The van der Waals surface area contributed by atoms with Crippen molar-refractivity contribution in [2.24, 2.45) is 0 Å². The van der Waals surface area contributed by atoms with Gasteiger partial charge in [0, 0.05) is 18.3 Å². The Balaban J connectivity index is 2.07. The molecule has 11 nitrogen and oxygen atoms in total. The van der Waals surface area contributed by atoms with E-state index in [-0.39, 0.29) is 17.8 Å². The number of hydrogen-bond donors (Lipinski definition) is 2. The molecular weight excluding hydrogens is 403 g/mol. The fraction of sp³-hybridized carbons (Fsp3) is 0.500. The fourth-order valence-electron chi connectivity index (χ4n) is 2.87. The number of alkyl halides is 1. The first-order valence-corrected chi connectivity index (χ1v) is 9.01. The summed E-state index contributed by atoms with van der Waals surface area (Å²) >= 11 is 0. The minimum Gasteiger partial charge on any atom is -0.460 e. The molecule has 1 aromatic heterocycles. The van der Waals surface area contributed by atoms with Crippen LogP contribution in [0, 0.1) is 0 Å². The van der Waals surface area contributed by atoms with Crippen molar-refractivity contribution in [3.63, 3.8) is 0 Å². The number of halogens is 1. The van der Waals surface area contributed by atoms with E-state index in [9.17, 15) is 19.2 Å². The molecule has 0 spiro atoms. The number of hydrogen-bond acceptors (Lipinski definition) is 10. The number of ether oxygens (including phenoxy) is 3. The van der Waals surface area contributed by atoms with Crippen molar-refractivity contribution in [3.8, 4) is 0 Å². The van der Waals surface area contributed by atoms with Crippen molar-refractivity contribution in [2.45, 2.75) is 31.3 Å². The largest absolute Gasteiger partial charge is 0.460 e. The first kappa shape index (κ1) is 23.2. The Morgan fingerprint density at radius 2 is 2.17 bits per heavy atom. The van der Waals surface area contributed by atoms with E-state index in [1.54, 1.807) is 7.05 Å². The zero-order chi connectivity index (χ0) is 22.3. The summed E-state index contributed by atoms with van der Waals surface area (Å²) in [5, 5.41) is 2.76. The third-order valence-corrected chi connectivity index (χ3v) is 4.35. The first-order valence-electron chi connectivity index (χ1n) is 9.01. The van der Waals surface area contributed by atoms with E-state index in [0.717, 1.165) is 17.6 Å². The van der Waals surface area contributed by atoms with Gasteiger partial charge in [-0.15, -0.1) is 0 Å². The van der Waals surface area contributed by atoms with E-state index in [1.165, 1.54) is 12.3 Å². The van der Waals surface area contributed by atoms with E-state index < -0.39 is 48.8 Å². The molecule has 164 valence electrons. The summed E-state index contributed by atoms with van der Waals surface area (Å²) in [6.07, 6.45) is -0.0117. The van der Waals surface area contributed by atoms with Gasteiger partial charge in [-0.25, -0.2) is 14.0 Å². The van der Waals surface area contributed by atoms with Crippen LogP contribution in [0.15, 0.2) is 28.7 Å². The number of esters is 2. The SMILES string of the molecule is CNCCC(=O)OCC(=O)OC[C@H]1O[C@@H](n2ccc(N)nc2=O)[C@](C)(F)/C1=C/C=O. The third kappa shape index (κ3) is 5.48. The molecule has 1 fully saturated rings. The maximum atomic E-state index is 15.5. The Hall–Kier alpha value is -3.12. The molecule has 0 aromatic carbocycles. The van der Waals surface area contributed by atoms with Gasteiger partial charge in [-0.1, -0.05) is 0 Å². The number of nitrogens with two attached hydrogens (primary N) is 1. The number of anilines is 1. The Morgan fingerprint density at radius 3 is 2.80 bits per heavy atom. The van der Waals surface area contributed by atoms with Crippen LogP contribution in [0.3, 0.4) is 0 Å². The second-order valence-electron chi connectivity index (χ2n) is 6.55. The topological polar surface area (TPSA) is 152 Å². The summed E-state index contributed by atoms with van der Waals surface area (Å²) in [7, 11) is 1.66. The van der Waals surface area contributed by atoms with Crippen LogP contribution in [0.5, 0.6) is 0 Å². The van der Waals surface area contributed by atoms with E-state index in [0.29, 0.717) is 12.8 Å². The Morgan fingerprint density at radius 1 is 1.43 bits per heavy atom. The zero-order valence-electron chi connectivity index (χ0n) is 16.5. The smallest absolute Gasteiger partial charge is 0.351 e. The van der Waals surface area contributed by atoms with Crippen LogP contribution in [-0.2, 0) is 28.6 Å². The van der Waals surface area contributed by atoms with Gasteiger partial charge >= 0.3 is 17.6 Å². The van der Waals surface area contributed by atoms with E-state index >= 15 is 4.39 Å². The Labute approximate surface area is 171 Å². The normalized spacial score (nSPS) is 24.6. The fourth-order valence-corrected chi connectivity index (χ4v) is 2.87. The molecule has 0 radical (unpaired) electrons. The molecule has 12 heteroatoms. The highest BCUT2D eigenvalue weighted by molar-refractivity contribution is 5.76. The molecule has 0 aliphatic carbocycles. The lowest BCUT2D eigenvalue weighted by Gasteiger charge is -2.23. The van der Waals surface area contributed by atoms with Gasteiger partial charge in [-0.05, 0) is 26.1 Å². The van der Waals surface area contributed by atoms with Gasteiger partial charge in [-0.3, -0.25) is 14.2 Å². The molecule has 1 aromatic rings. The van der Waals surface area contributed by atoms with Crippen LogP contribution in [0.25, 0.3) is 0 Å². The number of allylic oxidation sites excluding steroid dienone is 1. The summed E-state index contributed by atoms with van der Waals surface area (Å²) in [5.74, 6) is -1.52. The predicted octanol–water partition coefficient (Wildman–Crippen LogP) is -0.728. The van der Waals surface area contributed by atoms with E-state index in [1.807, 2.05) is 0 Å². The predicted molar refractivity (Wildman–Crippen MR) is 101 cm³/mol. The Kier molecular flexibility index (Phi) is 7.78. The highest BCUT2D eigenvalue weighted by Crippen LogP contribution is 2.44. The van der Waals surface area contributed by atoms with E-state index in [4.69, 9.17) is 19.9 Å². The zero-order valence-corrected chi connectivity index (χ0v) is 16.5. The number of aromatic nitrogens is 2. The lowest BCUT2D eigenvalue weighted by atomic mass is 9.94. The second-order valence-corrected chi connectivity index (χ2v) is 6.55. The molecule has 1 aliphatic rings. The van der Waals surface area contributed by atoms with Gasteiger partial charge in [0.2, 0.25) is 0 Å². The van der Waals surface area contributed by atoms with Crippen molar-refractivity contribution >= 4 is 24.0 Å². The molecule has 30 heavy (non-hydrogen) atoms. The summed E-state index contributed by atoms with van der Waals surface area (Å²) in [4.78, 5) is 49.8. The molecule has 0 amide bonds. The van der Waals surface area contributed by atoms with Gasteiger partial charge < -0.3 is 25.3 Å². The maximum Gasteiger partial charge on any atom is 0.351 e. The number of aldehydes is 1. The number of carbonyl (C=O) groups is 3. The summed E-state index contributed by atoms with van der Waals surface area (Å²) in [6, 6.07) is 1.29. The average Bonchev–Trinajstić information content (AvgIpc) is 2.93. The number of carbonyl (C=O) groups excluding carboxylic acids is 3. The van der Waals surface area contributed by atoms with Crippen molar-refractivity contribution in [2.75, 3.05) is 32.5 Å². The lowest BCUT2D eigenvalue weighted by Crippen LogP contribution is -2.36. The monoisotopic (exact) mass is 426 g/mol.